The van der Waals surface area contributed by atoms with Crippen molar-refractivity contribution in [3.05, 3.63) is 46.3 Å². The van der Waals surface area contributed by atoms with Crippen molar-refractivity contribution in [2.45, 2.75) is 45.2 Å². The van der Waals surface area contributed by atoms with Gasteiger partial charge in [-0.1, -0.05) is 50.7 Å². The van der Waals surface area contributed by atoms with E-state index in [1.54, 1.807) is 16.0 Å². The van der Waals surface area contributed by atoms with Crippen LogP contribution in [0.25, 0.3) is 5.69 Å². The van der Waals surface area contributed by atoms with Gasteiger partial charge >= 0.3 is 0 Å². The normalized spacial score (nSPS) is 15.9. The third kappa shape index (κ3) is 4.65. The van der Waals surface area contributed by atoms with Gasteiger partial charge in [-0.2, -0.15) is 9.94 Å². The molecular formula is C22H24N6OS2. The van der Waals surface area contributed by atoms with Crippen LogP contribution in [0.3, 0.4) is 0 Å². The number of tetrazole rings is 1. The van der Waals surface area contributed by atoms with Gasteiger partial charge in [-0.3, -0.25) is 4.79 Å². The van der Waals surface area contributed by atoms with Crippen molar-refractivity contribution in [3.8, 4) is 11.8 Å². The average Bonchev–Trinajstić information content (AvgIpc) is 3.35. The summed E-state index contributed by atoms with van der Waals surface area (Å²) in [5, 5.41) is 25.6. The summed E-state index contributed by atoms with van der Waals surface area (Å²) < 4.78 is 1.61. The lowest BCUT2D eigenvalue weighted by atomic mass is 9.72. The van der Waals surface area contributed by atoms with Crippen molar-refractivity contribution < 1.29 is 4.79 Å². The maximum atomic E-state index is 12.6. The number of thiophene rings is 1. The van der Waals surface area contributed by atoms with Crippen molar-refractivity contribution in [1.82, 2.24) is 20.2 Å². The Bertz CT molecular complexity index is 1120. The van der Waals surface area contributed by atoms with Crippen LogP contribution in [0.2, 0.25) is 0 Å². The highest BCUT2D eigenvalue weighted by molar-refractivity contribution is 7.99. The largest absolute Gasteiger partial charge is 0.316 e. The molecule has 9 heteroatoms. The van der Waals surface area contributed by atoms with Crippen LogP contribution >= 0.6 is 23.1 Å². The first-order valence-corrected chi connectivity index (χ1v) is 12.0. The molecule has 0 radical (unpaired) electrons. The number of aromatic nitrogens is 4. The summed E-state index contributed by atoms with van der Waals surface area (Å²) in [5.41, 5.74) is 2.81. The van der Waals surface area contributed by atoms with Crippen molar-refractivity contribution in [1.29, 1.82) is 5.26 Å². The van der Waals surface area contributed by atoms with Gasteiger partial charge in [0.1, 0.15) is 11.1 Å². The smallest absolute Gasteiger partial charge is 0.235 e. The SMILES string of the molecule is CC(C)(C)[C@@H]1CCc2c(sc(NC(=O)CSc3nnnn3-c3ccccc3)c2C#N)C1. The van der Waals surface area contributed by atoms with Crippen LogP contribution in [0.1, 0.15) is 43.2 Å². The minimum atomic E-state index is -0.171. The van der Waals surface area contributed by atoms with Crippen molar-refractivity contribution in [2.75, 3.05) is 11.1 Å². The number of benzene rings is 1. The van der Waals surface area contributed by atoms with Crippen LogP contribution in [0.15, 0.2) is 35.5 Å². The molecule has 0 bridgehead atoms. The molecule has 2 heterocycles. The second kappa shape index (κ2) is 8.81. The van der Waals surface area contributed by atoms with E-state index in [9.17, 15) is 10.1 Å². The summed E-state index contributed by atoms with van der Waals surface area (Å²) in [6.45, 7) is 6.80. The molecule has 1 atom stereocenters. The van der Waals surface area contributed by atoms with Crippen LogP contribution in [-0.4, -0.2) is 31.9 Å². The fourth-order valence-corrected chi connectivity index (χ4v) is 5.81. The molecule has 0 fully saturated rings. The molecule has 1 N–H and O–H groups in total. The third-order valence-electron chi connectivity index (χ3n) is 5.63. The first-order chi connectivity index (χ1) is 14.9. The Kier molecular flexibility index (Phi) is 6.12. The fourth-order valence-electron chi connectivity index (χ4n) is 3.82. The van der Waals surface area contributed by atoms with E-state index >= 15 is 0 Å². The molecule has 3 aromatic rings. The third-order valence-corrected chi connectivity index (χ3v) is 7.72. The molecule has 0 unspecified atom stereocenters. The van der Waals surface area contributed by atoms with Crippen LogP contribution in [0.5, 0.6) is 0 Å². The van der Waals surface area contributed by atoms with Gasteiger partial charge in [-0.15, -0.1) is 16.4 Å². The Labute approximate surface area is 189 Å². The van der Waals surface area contributed by atoms with Gasteiger partial charge in [0.15, 0.2) is 0 Å². The monoisotopic (exact) mass is 452 g/mol. The van der Waals surface area contributed by atoms with E-state index in [1.807, 2.05) is 30.3 Å². The summed E-state index contributed by atoms with van der Waals surface area (Å²) in [4.78, 5) is 13.9. The highest BCUT2D eigenvalue weighted by Crippen LogP contribution is 2.44. The quantitative estimate of drug-likeness (QED) is 0.574. The van der Waals surface area contributed by atoms with E-state index in [-0.39, 0.29) is 17.1 Å². The van der Waals surface area contributed by atoms with Crippen LogP contribution in [0, 0.1) is 22.7 Å². The van der Waals surface area contributed by atoms with Crippen molar-refractivity contribution in [3.63, 3.8) is 0 Å². The molecule has 0 saturated heterocycles. The van der Waals surface area contributed by atoms with Crippen LogP contribution in [-0.2, 0) is 17.6 Å². The lowest BCUT2D eigenvalue weighted by Gasteiger charge is -2.33. The predicted molar refractivity (Wildman–Crippen MR) is 123 cm³/mol. The molecule has 31 heavy (non-hydrogen) atoms. The van der Waals surface area contributed by atoms with Gasteiger partial charge in [0, 0.05) is 4.88 Å². The Balaban J connectivity index is 1.44. The summed E-state index contributed by atoms with van der Waals surface area (Å²) in [6, 6.07) is 11.9. The summed E-state index contributed by atoms with van der Waals surface area (Å²) in [7, 11) is 0. The summed E-state index contributed by atoms with van der Waals surface area (Å²) in [5.74, 6) is 0.571. The number of carbonyl (C=O) groups excluding carboxylic acids is 1. The number of fused-ring (bicyclic) bond motifs is 1. The van der Waals surface area contributed by atoms with Gasteiger partial charge in [0.05, 0.1) is 17.0 Å². The Morgan fingerprint density at radius 3 is 2.84 bits per heavy atom. The average molecular weight is 453 g/mol. The minimum Gasteiger partial charge on any atom is -0.316 e. The lowest BCUT2D eigenvalue weighted by Crippen LogP contribution is -2.26. The highest BCUT2D eigenvalue weighted by Gasteiger charge is 2.32. The fraction of sp³-hybridized carbons (Fsp3) is 0.409. The zero-order valence-electron chi connectivity index (χ0n) is 17.8. The van der Waals surface area contributed by atoms with E-state index in [0.29, 0.717) is 21.6 Å². The molecule has 1 aliphatic rings. The van der Waals surface area contributed by atoms with E-state index in [1.165, 1.54) is 16.6 Å². The summed E-state index contributed by atoms with van der Waals surface area (Å²) in [6.07, 6.45) is 2.94. The topological polar surface area (TPSA) is 96.5 Å². The number of carbonyl (C=O) groups is 1. The second-order valence-corrected chi connectivity index (χ2v) is 10.7. The van der Waals surface area contributed by atoms with Crippen molar-refractivity contribution in [2.24, 2.45) is 11.3 Å². The number of hydrogen-bond donors (Lipinski definition) is 1. The molecule has 7 nitrogen and oxygen atoms in total. The number of rotatable bonds is 5. The lowest BCUT2D eigenvalue weighted by molar-refractivity contribution is -0.113. The standard InChI is InChI=1S/C22H24N6OS2/c1-22(2,3)14-9-10-16-17(12-23)20(31-18(16)11-14)24-19(29)13-30-21-25-26-27-28(21)15-7-5-4-6-8-15/h4-8,14H,9-11,13H2,1-3H3,(H,24,29)/t14-/m1/s1. The molecule has 0 saturated carbocycles. The number of amides is 1. The predicted octanol–water partition coefficient (Wildman–Crippen LogP) is 4.48. The van der Waals surface area contributed by atoms with E-state index in [2.05, 4.69) is 47.7 Å². The van der Waals surface area contributed by atoms with Gasteiger partial charge in [0.2, 0.25) is 11.1 Å². The van der Waals surface area contributed by atoms with Crippen molar-refractivity contribution >= 4 is 34.0 Å². The zero-order chi connectivity index (χ0) is 22.0. The van der Waals surface area contributed by atoms with Crippen LogP contribution < -0.4 is 5.32 Å². The van der Waals surface area contributed by atoms with E-state index in [4.69, 9.17) is 0 Å². The highest BCUT2D eigenvalue weighted by atomic mass is 32.2. The minimum absolute atomic E-state index is 0.158. The molecule has 1 aromatic carbocycles. The first-order valence-electron chi connectivity index (χ1n) is 10.2. The molecular weight excluding hydrogens is 428 g/mol. The van der Waals surface area contributed by atoms with Gasteiger partial charge in [0.25, 0.3) is 0 Å². The maximum absolute atomic E-state index is 12.6. The van der Waals surface area contributed by atoms with Crippen LogP contribution in [0.4, 0.5) is 5.00 Å². The van der Waals surface area contributed by atoms with Gasteiger partial charge in [-0.05, 0) is 58.7 Å². The number of anilines is 1. The van der Waals surface area contributed by atoms with E-state index in [0.717, 1.165) is 30.5 Å². The maximum Gasteiger partial charge on any atom is 0.235 e. The molecule has 0 aliphatic heterocycles. The van der Waals surface area contributed by atoms with Gasteiger partial charge in [-0.25, -0.2) is 0 Å². The Morgan fingerprint density at radius 2 is 2.13 bits per heavy atom. The second-order valence-electron chi connectivity index (χ2n) is 8.67. The molecule has 1 amide bonds. The molecule has 160 valence electrons. The zero-order valence-corrected chi connectivity index (χ0v) is 19.4. The number of nitrogens with zero attached hydrogens (tertiary/aromatic N) is 5. The molecule has 0 spiro atoms. The number of nitrogens with one attached hydrogen (secondary N) is 1. The molecule has 1 aliphatic carbocycles. The number of nitriles is 1. The number of hydrogen-bond acceptors (Lipinski definition) is 7. The summed E-state index contributed by atoms with van der Waals surface area (Å²) >= 11 is 2.81. The molecule has 4 rings (SSSR count). The number of para-hydroxylation sites is 1. The molecule has 2 aromatic heterocycles. The Hall–Kier alpha value is -2.70. The Morgan fingerprint density at radius 1 is 1.35 bits per heavy atom. The van der Waals surface area contributed by atoms with Gasteiger partial charge < -0.3 is 5.32 Å². The number of thioether (sulfide) groups is 1. The first kappa shape index (κ1) is 21.5. The van der Waals surface area contributed by atoms with E-state index < -0.39 is 0 Å².